The Hall–Kier alpha value is -6.10. The third-order valence-electron chi connectivity index (χ3n) is 9.00. The van der Waals surface area contributed by atoms with Gasteiger partial charge in [0.2, 0.25) is 0 Å². The summed E-state index contributed by atoms with van der Waals surface area (Å²) >= 11 is 14.6. The number of benzene rings is 2. The van der Waals surface area contributed by atoms with Gasteiger partial charge < -0.3 is 20.7 Å². The van der Waals surface area contributed by atoms with Gasteiger partial charge in [-0.25, -0.2) is 0 Å². The number of carbonyl (C=O) groups is 2. The number of carbonyl (C=O) groups excluding carboxylic acids is 2. The minimum Gasteiger partial charge on any atom is -0.423 e. The molecule has 0 unspecified atom stereocenters. The predicted molar refractivity (Wildman–Crippen MR) is 229 cm³/mol. The fraction of sp³-hybridized carbons (Fsp3) is 0.190. The Balaban J connectivity index is 0.000000258. The first-order chi connectivity index (χ1) is 33.1. The van der Waals surface area contributed by atoms with Crippen molar-refractivity contribution < 1.29 is 89.9 Å². The summed E-state index contributed by atoms with van der Waals surface area (Å²) in [5.74, 6) is -10.2. The molecule has 4 N–H and O–H groups in total. The molecule has 0 aliphatic heterocycles. The van der Waals surface area contributed by atoms with Crippen LogP contribution >= 0.6 is 39.1 Å². The lowest BCUT2D eigenvalue weighted by Crippen LogP contribution is -2.36. The Morgan fingerprint density at radius 1 is 0.514 bits per heavy atom. The van der Waals surface area contributed by atoms with Gasteiger partial charge in [-0.3, -0.25) is 29.5 Å². The summed E-state index contributed by atoms with van der Waals surface area (Å²) in [6.45, 7) is -2.67. The molecule has 0 aliphatic rings. The van der Waals surface area contributed by atoms with Gasteiger partial charge in [0.25, 0.3) is 11.8 Å². The van der Waals surface area contributed by atoms with Gasteiger partial charge >= 0.3 is 43.7 Å². The normalized spacial score (nSPS) is 12.2. The number of nitrogens with one attached hydrogen (secondary N) is 2. The summed E-state index contributed by atoms with van der Waals surface area (Å²) in [6, 6.07) is 13.2. The minimum atomic E-state index is -4.87. The molecule has 6 rings (SSSR count). The van der Waals surface area contributed by atoms with Gasteiger partial charge in [-0.05, 0) is 64.5 Å². The second-order valence-corrected chi connectivity index (χ2v) is 15.9. The van der Waals surface area contributed by atoms with E-state index < -0.39 is 119 Å². The topological polar surface area (TPSA) is 150 Å². The van der Waals surface area contributed by atoms with Gasteiger partial charge in [0, 0.05) is 45.8 Å². The number of nitrogens with zero attached hydrogens (tertiary/aromatic N) is 4. The molecule has 0 atom stereocenters. The molecule has 10 nitrogen and oxygen atoms in total. The quantitative estimate of drug-likeness (QED) is 0.0782. The van der Waals surface area contributed by atoms with E-state index in [1.54, 1.807) is 10.6 Å². The molecule has 0 radical (unpaired) electrons. The van der Waals surface area contributed by atoms with Crippen LogP contribution in [0.3, 0.4) is 0 Å². The van der Waals surface area contributed by atoms with Crippen molar-refractivity contribution in [3.05, 3.63) is 169 Å². The number of aromatic nitrogens is 4. The number of amides is 2. The third-order valence-corrected chi connectivity index (χ3v) is 10.0. The van der Waals surface area contributed by atoms with E-state index in [4.69, 9.17) is 33.2 Å². The smallest absolute Gasteiger partial charge is 0.423 e. The first-order valence-corrected chi connectivity index (χ1v) is 20.7. The summed E-state index contributed by atoms with van der Waals surface area (Å²) in [7, 11) is -1.80. The standard InChI is InChI=1S/C21H12ClF8N3O.C15H9BrClF5N2O.C6H5BF3NO2/c22-15-7-12(11-5-6-16(31-8-11)21(28,29)30)9-32-17(15)19(23,24)10-33-18(34)13-3-1-2-4-14(13)20(25,26)27;16-8-5-11(17)12(23-6-8)14(18,19)7-24-13(25)9-3-1-2-4-10(9)15(20,21)22;8-6(9,10)5-2-1-4(3-11-5)7(12)13/h1-9H,10H2,(H,33,34);1-6H,7H2,(H,24,25);1-3,12-13H. The molecule has 0 saturated heterocycles. The van der Waals surface area contributed by atoms with Gasteiger partial charge in [0.15, 0.2) is 0 Å². The van der Waals surface area contributed by atoms with Gasteiger partial charge in [-0.15, -0.1) is 0 Å². The average molecular weight is 1140 g/mol. The lowest BCUT2D eigenvalue weighted by molar-refractivity contribution is -0.141. The molecule has 6 aromatic rings. The highest BCUT2D eigenvalue weighted by Gasteiger charge is 2.41. The first-order valence-electron chi connectivity index (χ1n) is 19.2. The van der Waals surface area contributed by atoms with Crippen LogP contribution in [0.2, 0.25) is 10.0 Å². The van der Waals surface area contributed by atoms with Crippen molar-refractivity contribution in [2.75, 3.05) is 13.1 Å². The molecule has 384 valence electrons. The zero-order valence-electron chi connectivity index (χ0n) is 35.1. The molecule has 0 saturated carbocycles. The summed E-state index contributed by atoms with van der Waals surface area (Å²) in [5, 5.41) is 19.7. The fourth-order valence-corrected chi connectivity index (χ4v) is 6.68. The molecular weight excluding hydrogens is 1120 g/mol. The van der Waals surface area contributed by atoms with Gasteiger partial charge in [0.1, 0.15) is 22.8 Å². The molecule has 4 heterocycles. The van der Waals surface area contributed by atoms with Crippen molar-refractivity contribution in [1.82, 2.24) is 30.6 Å². The largest absolute Gasteiger partial charge is 0.490 e. The number of halogens is 19. The second kappa shape index (κ2) is 23.2. The van der Waals surface area contributed by atoms with E-state index in [1.807, 2.05) is 0 Å². The predicted octanol–water partition coefficient (Wildman–Crippen LogP) is 11.2. The first kappa shape index (κ1) is 58.5. The van der Waals surface area contributed by atoms with Crippen LogP contribution in [-0.2, 0) is 36.6 Å². The van der Waals surface area contributed by atoms with Crippen LogP contribution in [0.15, 0.2) is 114 Å². The van der Waals surface area contributed by atoms with Crippen LogP contribution in [-0.4, -0.2) is 62.0 Å². The zero-order valence-corrected chi connectivity index (χ0v) is 38.2. The van der Waals surface area contributed by atoms with E-state index in [0.717, 1.165) is 73.3 Å². The molecule has 0 fully saturated rings. The van der Waals surface area contributed by atoms with Crippen LogP contribution in [0.1, 0.15) is 54.6 Å². The van der Waals surface area contributed by atoms with E-state index in [-0.39, 0.29) is 21.6 Å². The Morgan fingerprint density at radius 2 is 0.917 bits per heavy atom. The van der Waals surface area contributed by atoms with E-state index >= 15 is 0 Å². The Kier molecular flexibility index (Phi) is 18.8. The van der Waals surface area contributed by atoms with Crippen molar-refractivity contribution in [3.8, 4) is 11.1 Å². The minimum absolute atomic E-state index is 0.0759. The molecule has 0 spiro atoms. The van der Waals surface area contributed by atoms with E-state index in [1.165, 1.54) is 12.1 Å². The van der Waals surface area contributed by atoms with Gasteiger partial charge in [-0.2, -0.15) is 70.2 Å². The third kappa shape index (κ3) is 16.0. The van der Waals surface area contributed by atoms with Crippen molar-refractivity contribution in [2.45, 2.75) is 36.6 Å². The van der Waals surface area contributed by atoms with Crippen LogP contribution in [0.5, 0.6) is 0 Å². The highest BCUT2D eigenvalue weighted by Crippen LogP contribution is 2.37. The van der Waals surface area contributed by atoms with Crippen LogP contribution < -0.4 is 16.1 Å². The number of hydrogen-bond donors (Lipinski definition) is 4. The average Bonchev–Trinajstić information content (AvgIpc) is 3.29. The summed E-state index contributed by atoms with van der Waals surface area (Å²) in [5.41, 5.74) is -7.94. The molecule has 2 aromatic carbocycles. The monoisotopic (exact) mass is 1140 g/mol. The molecular formula is C42H26BBrCl2F16N6O4. The number of alkyl halides is 16. The zero-order chi connectivity index (χ0) is 54.2. The maximum atomic E-state index is 14.6. The van der Waals surface area contributed by atoms with Gasteiger partial charge in [0.05, 0.1) is 45.4 Å². The SMILES string of the molecule is O=C(NCC(F)(F)c1ncc(-c2ccc(C(F)(F)F)nc2)cc1Cl)c1ccccc1C(F)(F)F.O=C(NCC(F)(F)c1ncc(Br)cc1Cl)c1ccccc1C(F)(F)F.OB(O)c1ccc(C(F)(F)F)nc1. The van der Waals surface area contributed by atoms with Gasteiger partial charge in [-0.1, -0.05) is 59.6 Å². The van der Waals surface area contributed by atoms with Crippen molar-refractivity contribution >= 4 is 63.5 Å². The number of rotatable bonds is 10. The van der Waals surface area contributed by atoms with Crippen molar-refractivity contribution in [3.63, 3.8) is 0 Å². The lowest BCUT2D eigenvalue weighted by Gasteiger charge is -2.19. The Bertz CT molecular complexity index is 2840. The molecule has 0 bridgehead atoms. The molecule has 2 amide bonds. The highest BCUT2D eigenvalue weighted by atomic mass is 79.9. The van der Waals surface area contributed by atoms with E-state index in [0.29, 0.717) is 28.7 Å². The van der Waals surface area contributed by atoms with E-state index in [9.17, 15) is 79.8 Å². The second-order valence-electron chi connectivity index (χ2n) is 14.2. The fourth-order valence-electron chi connectivity index (χ4n) is 5.60. The molecule has 30 heteroatoms. The maximum Gasteiger partial charge on any atom is 0.490 e. The van der Waals surface area contributed by atoms with Crippen LogP contribution in [0, 0.1) is 0 Å². The van der Waals surface area contributed by atoms with Crippen LogP contribution in [0.4, 0.5) is 70.2 Å². The van der Waals surface area contributed by atoms with E-state index in [2.05, 4.69) is 35.9 Å². The molecule has 72 heavy (non-hydrogen) atoms. The summed E-state index contributed by atoms with van der Waals surface area (Å²) in [4.78, 5) is 37.4. The molecule has 0 aliphatic carbocycles. The Labute approximate surface area is 412 Å². The summed E-state index contributed by atoms with van der Waals surface area (Å²) < 4.78 is 209. The highest BCUT2D eigenvalue weighted by molar-refractivity contribution is 9.10. The van der Waals surface area contributed by atoms with Crippen molar-refractivity contribution in [2.24, 2.45) is 0 Å². The number of pyridine rings is 4. The lowest BCUT2D eigenvalue weighted by atomic mass is 9.82. The molecule has 4 aromatic heterocycles. The van der Waals surface area contributed by atoms with Crippen molar-refractivity contribution in [1.29, 1.82) is 0 Å². The maximum absolute atomic E-state index is 14.6. The number of hydrogen-bond acceptors (Lipinski definition) is 8. The van der Waals surface area contributed by atoms with Crippen LogP contribution in [0.25, 0.3) is 11.1 Å². The Morgan fingerprint density at radius 3 is 1.28 bits per heavy atom. The summed E-state index contributed by atoms with van der Waals surface area (Å²) in [6.07, 6.45) is -15.2.